The van der Waals surface area contributed by atoms with Crippen LogP contribution in [0.1, 0.15) is 12.0 Å². The number of nitrogens with one attached hydrogen (secondary N) is 2. The predicted octanol–water partition coefficient (Wildman–Crippen LogP) is 1.40. The van der Waals surface area contributed by atoms with Gasteiger partial charge >= 0.3 is 0 Å². The Morgan fingerprint density at radius 2 is 2.41 bits per heavy atom. The fourth-order valence-electron chi connectivity index (χ4n) is 2.14. The Morgan fingerprint density at radius 3 is 3.18 bits per heavy atom. The van der Waals surface area contributed by atoms with Gasteiger partial charge in [0.2, 0.25) is 0 Å². The van der Waals surface area contributed by atoms with Crippen LogP contribution in [0.25, 0.3) is 0 Å². The maximum atomic E-state index is 8.94. The summed E-state index contributed by atoms with van der Waals surface area (Å²) in [4.78, 5) is 2.35. The van der Waals surface area contributed by atoms with E-state index in [0.29, 0.717) is 0 Å². The van der Waals surface area contributed by atoms with Crippen molar-refractivity contribution in [3.05, 3.63) is 23.8 Å². The van der Waals surface area contributed by atoms with Crippen molar-refractivity contribution in [2.45, 2.75) is 6.42 Å². The fraction of sp³-hybridized carbons (Fsp3) is 0.462. The molecular weight excluding hydrogens is 212 g/mol. The van der Waals surface area contributed by atoms with E-state index in [0.717, 1.165) is 49.5 Å². The second-order valence-corrected chi connectivity index (χ2v) is 4.21. The largest absolute Gasteiger partial charge is 0.382 e. The van der Waals surface area contributed by atoms with Crippen LogP contribution in [0.15, 0.2) is 18.2 Å². The van der Waals surface area contributed by atoms with Gasteiger partial charge in [0.25, 0.3) is 0 Å². The molecule has 0 radical (unpaired) electrons. The monoisotopic (exact) mass is 230 g/mol. The summed E-state index contributed by atoms with van der Waals surface area (Å²) in [5, 5.41) is 15.5. The molecule has 0 saturated heterocycles. The second kappa shape index (κ2) is 5.55. The Balaban J connectivity index is 2.14. The van der Waals surface area contributed by atoms with Gasteiger partial charge in [-0.3, -0.25) is 0 Å². The van der Waals surface area contributed by atoms with Crippen molar-refractivity contribution < 1.29 is 0 Å². The van der Waals surface area contributed by atoms with Crippen molar-refractivity contribution in [2.24, 2.45) is 0 Å². The molecule has 0 unspecified atom stereocenters. The topological polar surface area (TPSA) is 51.1 Å². The van der Waals surface area contributed by atoms with Crippen molar-refractivity contribution in [2.75, 3.05) is 43.4 Å². The van der Waals surface area contributed by atoms with Gasteiger partial charge in [-0.05, 0) is 38.2 Å². The molecule has 2 rings (SSSR count). The van der Waals surface area contributed by atoms with E-state index in [4.69, 9.17) is 5.26 Å². The molecule has 1 aliphatic rings. The van der Waals surface area contributed by atoms with Gasteiger partial charge in [-0.1, -0.05) is 0 Å². The summed E-state index contributed by atoms with van der Waals surface area (Å²) in [6.07, 6.45) is 1.12. The average Bonchev–Trinajstić information content (AvgIpc) is 2.39. The fourth-order valence-corrected chi connectivity index (χ4v) is 2.14. The molecule has 0 atom stereocenters. The molecule has 0 spiro atoms. The first-order valence-electron chi connectivity index (χ1n) is 6.02. The molecule has 1 aliphatic heterocycles. The van der Waals surface area contributed by atoms with E-state index < -0.39 is 0 Å². The summed E-state index contributed by atoms with van der Waals surface area (Å²) in [5.74, 6) is 0. The van der Waals surface area contributed by atoms with Crippen molar-refractivity contribution in [3.8, 4) is 6.07 Å². The Morgan fingerprint density at radius 1 is 1.53 bits per heavy atom. The van der Waals surface area contributed by atoms with Crippen LogP contribution in [-0.4, -0.2) is 33.2 Å². The molecule has 0 bridgehead atoms. The van der Waals surface area contributed by atoms with Gasteiger partial charge < -0.3 is 15.5 Å². The maximum absolute atomic E-state index is 8.94. The first-order valence-corrected chi connectivity index (χ1v) is 6.02. The molecule has 1 aromatic rings. The van der Waals surface area contributed by atoms with Crippen LogP contribution in [0, 0.1) is 11.3 Å². The minimum atomic E-state index is 0.728. The van der Waals surface area contributed by atoms with Crippen LogP contribution in [0.3, 0.4) is 0 Å². The predicted molar refractivity (Wildman–Crippen MR) is 70.4 cm³/mol. The highest BCUT2D eigenvalue weighted by Gasteiger charge is 2.16. The highest BCUT2D eigenvalue weighted by atomic mass is 15.2. The van der Waals surface area contributed by atoms with E-state index in [1.165, 1.54) is 0 Å². The minimum Gasteiger partial charge on any atom is -0.382 e. The summed E-state index contributed by atoms with van der Waals surface area (Å²) in [7, 11) is 1.97. The number of hydrogen-bond donors (Lipinski definition) is 2. The van der Waals surface area contributed by atoms with Crippen molar-refractivity contribution in [1.82, 2.24) is 5.32 Å². The third-order valence-electron chi connectivity index (χ3n) is 3.02. The molecule has 0 amide bonds. The lowest BCUT2D eigenvalue weighted by Gasteiger charge is -2.32. The molecule has 4 nitrogen and oxygen atoms in total. The maximum Gasteiger partial charge on any atom is 0.0992 e. The van der Waals surface area contributed by atoms with Gasteiger partial charge in [0, 0.05) is 19.6 Å². The zero-order valence-corrected chi connectivity index (χ0v) is 10.2. The zero-order chi connectivity index (χ0) is 12.1. The van der Waals surface area contributed by atoms with Crippen LogP contribution < -0.4 is 15.5 Å². The van der Waals surface area contributed by atoms with E-state index in [1.807, 2.05) is 25.2 Å². The van der Waals surface area contributed by atoms with Crippen LogP contribution in [0.5, 0.6) is 0 Å². The third-order valence-corrected chi connectivity index (χ3v) is 3.02. The highest BCUT2D eigenvalue weighted by Crippen LogP contribution is 2.29. The SMILES string of the molecule is CNCCCN1CCNc2ccc(C#N)cc21. The van der Waals surface area contributed by atoms with Crippen LogP contribution >= 0.6 is 0 Å². The second-order valence-electron chi connectivity index (χ2n) is 4.21. The van der Waals surface area contributed by atoms with E-state index in [1.54, 1.807) is 0 Å². The van der Waals surface area contributed by atoms with Gasteiger partial charge in [-0.25, -0.2) is 0 Å². The number of benzene rings is 1. The molecule has 0 fully saturated rings. The summed E-state index contributed by atoms with van der Waals surface area (Å²) < 4.78 is 0. The molecule has 1 heterocycles. The number of fused-ring (bicyclic) bond motifs is 1. The van der Waals surface area contributed by atoms with E-state index in [-0.39, 0.29) is 0 Å². The molecule has 2 N–H and O–H groups in total. The standard InChI is InChI=1S/C13H18N4/c1-15-5-2-7-17-8-6-16-12-4-3-11(10-14)9-13(12)17/h3-4,9,15-16H,2,5-8H2,1H3. The lowest BCUT2D eigenvalue weighted by molar-refractivity contribution is 0.682. The van der Waals surface area contributed by atoms with Crippen molar-refractivity contribution in [1.29, 1.82) is 5.26 Å². The minimum absolute atomic E-state index is 0.728. The van der Waals surface area contributed by atoms with E-state index in [2.05, 4.69) is 21.6 Å². The van der Waals surface area contributed by atoms with Crippen molar-refractivity contribution in [3.63, 3.8) is 0 Å². The van der Waals surface area contributed by atoms with Crippen LogP contribution in [0.4, 0.5) is 11.4 Å². The normalized spacial score (nSPS) is 13.8. The lowest BCUT2D eigenvalue weighted by atomic mass is 10.1. The van der Waals surface area contributed by atoms with Crippen LogP contribution in [-0.2, 0) is 0 Å². The molecular formula is C13H18N4. The van der Waals surface area contributed by atoms with Gasteiger partial charge in [0.1, 0.15) is 0 Å². The molecule has 90 valence electrons. The number of nitrogens with zero attached hydrogens (tertiary/aromatic N) is 2. The zero-order valence-electron chi connectivity index (χ0n) is 10.2. The summed E-state index contributed by atoms with van der Waals surface area (Å²) in [5.41, 5.74) is 3.03. The average molecular weight is 230 g/mol. The van der Waals surface area contributed by atoms with Crippen LogP contribution in [0.2, 0.25) is 0 Å². The van der Waals surface area contributed by atoms with Gasteiger partial charge in [0.15, 0.2) is 0 Å². The van der Waals surface area contributed by atoms with E-state index in [9.17, 15) is 0 Å². The first kappa shape index (κ1) is 11.7. The molecule has 4 heteroatoms. The molecule has 17 heavy (non-hydrogen) atoms. The van der Waals surface area contributed by atoms with Crippen molar-refractivity contribution >= 4 is 11.4 Å². The number of hydrogen-bond acceptors (Lipinski definition) is 4. The third kappa shape index (κ3) is 2.69. The number of rotatable bonds is 4. The number of anilines is 2. The Bertz CT molecular complexity index is 422. The Hall–Kier alpha value is -1.73. The lowest BCUT2D eigenvalue weighted by Crippen LogP contribution is -2.35. The Kier molecular flexibility index (Phi) is 3.84. The summed E-state index contributed by atoms with van der Waals surface area (Å²) in [6, 6.07) is 8.03. The molecule has 0 saturated carbocycles. The number of nitriles is 1. The van der Waals surface area contributed by atoms with Gasteiger partial charge in [-0.2, -0.15) is 5.26 Å². The molecule has 0 aromatic heterocycles. The van der Waals surface area contributed by atoms with Gasteiger partial charge in [0.05, 0.1) is 23.0 Å². The molecule has 1 aromatic carbocycles. The first-order chi connectivity index (χ1) is 8.35. The smallest absolute Gasteiger partial charge is 0.0992 e. The quantitative estimate of drug-likeness (QED) is 0.768. The molecule has 0 aliphatic carbocycles. The Labute approximate surface area is 102 Å². The van der Waals surface area contributed by atoms with Gasteiger partial charge in [-0.15, -0.1) is 0 Å². The summed E-state index contributed by atoms with van der Waals surface area (Å²) in [6.45, 7) is 4.03. The van der Waals surface area contributed by atoms with E-state index >= 15 is 0 Å². The summed E-state index contributed by atoms with van der Waals surface area (Å²) >= 11 is 0. The highest BCUT2D eigenvalue weighted by molar-refractivity contribution is 5.73.